The van der Waals surface area contributed by atoms with Crippen LogP contribution in [0.1, 0.15) is 44.1 Å². The molecule has 5 rings (SSSR count). The van der Waals surface area contributed by atoms with Crippen LogP contribution < -0.4 is 4.74 Å². The Morgan fingerprint density at radius 1 is 0.867 bits per heavy atom. The third-order valence-corrected chi connectivity index (χ3v) is 7.57. The van der Waals surface area contributed by atoms with E-state index in [-0.39, 0.29) is 0 Å². The number of rotatable bonds is 10. The fraction of sp³-hybridized carbons (Fsp3) is 0.692. The van der Waals surface area contributed by atoms with Gasteiger partial charge in [0.1, 0.15) is 11.9 Å². The Kier molecular flexibility index (Phi) is 6.74. The molecule has 1 saturated carbocycles. The molecule has 1 aromatic carbocycles. The van der Waals surface area contributed by atoms with Gasteiger partial charge in [0, 0.05) is 45.6 Å². The first-order valence-corrected chi connectivity index (χ1v) is 12.3. The minimum Gasteiger partial charge on any atom is -0.490 e. The molecule has 4 aliphatic rings. The first-order chi connectivity index (χ1) is 14.8. The van der Waals surface area contributed by atoms with Gasteiger partial charge < -0.3 is 14.4 Å². The number of ether oxygens (including phenoxy) is 2. The van der Waals surface area contributed by atoms with Crippen LogP contribution in [0.15, 0.2) is 36.4 Å². The summed E-state index contributed by atoms with van der Waals surface area (Å²) < 4.78 is 12.1. The minimum atomic E-state index is 0.338. The number of piperidine rings is 2. The van der Waals surface area contributed by atoms with Crippen molar-refractivity contribution >= 4 is 0 Å². The summed E-state index contributed by atoms with van der Waals surface area (Å²) in [7, 11) is 0. The van der Waals surface area contributed by atoms with Gasteiger partial charge in [0.15, 0.2) is 0 Å². The summed E-state index contributed by atoms with van der Waals surface area (Å²) in [5.41, 5.74) is 1.40. The molecule has 2 aliphatic carbocycles. The van der Waals surface area contributed by atoms with Crippen molar-refractivity contribution in [2.24, 2.45) is 17.8 Å². The topological polar surface area (TPSA) is 24.9 Å². The molecule has 3 fully saturated rings. The van der Waals surface area contributed by atoms with E-state index in [0.717, 1.165) is 56.1 Å². The predicted octanol–water partition coefficient (Wildman–Crippen LogP) is 4.35. The highest BCUT2D eigenvalue weighted by Crippen LogP contribution is 2.52. The van der Waals surface area contributed by atoms with Gasteiger partial charge >= 0.3 is 0 Å². The number of hydrogen-bond donors (Lipinski definition) is 0. The SMILES string of the molecule is C1=CCC(Oc2ccc(CN3C[C@@H]4C(COCCCN5CCCCC5)[C@@H]4C3)cc2)C1. The predicted molar refractivity (Wildman–Crippen MR) is 121 cm³/mol. The van der Waals surface area contributed by atoms with Crippen LogP contribution in [0.4, 0.5) is 0 Å². The van der Waals surface area contributed by atoms with Gasteiger partial charge in [-0.2, -0.15) is 0 Å². The van der Waals surface area contributed by atoms with E-state index in [1.807, 2.05) is 0 Å². The zero-order valence-electron chi connectivity index (χ0n) is 18.4. The molecule has 4 nitrogen and oxygen atoms in total. The van der Waals surface area contributed by atoms with Gasteiger partial charge in [-0.25, -0.2) is 0 Å². The summed E-state index contributed by atoms with van der Waals surface area (Å²) in [5, 5.41) is 0. The van der Waals surface area contributed by atoms with Crippen molar-refractivity contribution in [2.45, 2.75) is 51.2 Å². The first kappa shape index (κ1) is 20.5. The fourth-order valence-electron chi connectivity index (χ4n) is 5.72. The van der Waals surface area contributed by atoms with E-state index in [1.54, 1.807) is 0 Å². The van der Waals surface area contributed by atoms with Crippen LogP contribution in [0.5, 0.6) is 5.75 Å². The first-order valence-electron chi connectivity index (χ1n) is 12.3. The molecule has 0 spiro atoms. The van der Waals surface area contributed by atoms with Gasteiger partial charge in [0.25, 0.3) is 0 Å². The molecule has 2 heterocycles. The van der Waals surface area contributed by atoms with Gasteiger partial charge in [-0.15, -0.1) is 0 Å². The van der Waals surface area contributed by atoms with Crippen LogP contribution in [0, 0.1) is 17.8 Å². The van der Waals surface area contributed by atoms with Crippen LogP contribution in [0.3, 0.4) is 0 Å². The number of hydrogen-bond acceptors (Lipinski definition) is 4. The summed E-state index contributed by atoms with van der Waals surface area (Å²) in [6.07, 6.45) is 12.3. The van der Waals surface area contributed by atoms with Crippen molar-refractivity contribution in [1.82, 2.24) is 9.80 Å². The van der Waals surface area contributed by atoms with Gasteiger partial charge in [0.05, 0.1) is 6.61 Å². The van der Waals surface area contributed by atoms with E-state index in [1.165, 1.54) is 64.0 Å². The molecule has 3 atom stereocenters. The minimum absolute atomic E-state index is 0.338. The second-order valence-corrected chi connectivity index (χ2v) is 9.84. The molecule has 0 N–H and O–H groups in total. The Balaban J connectivity index is 0.948. The molecule has 0 bridgehead atoms. The highest BCUT2D eigenvalue weighted by Gasteiger charge is 2.55. The lowest BCUT2D eigenvalue weighted by atomic mass is 10.1. The largest absolute Gasteiger partial charge is 0.490 e. The molecular weight excluding hydrogens is 372 g/mol. The van der Waals surface area contributed by atoms with E-state index < -0.39 is 0 Å². The Labute approximate surface area is 182 Å². The molecule has 164 valence electrons. The van der Waals surface area contributed by atoms with Crippen molar-refractivity contribution in [2.75, 3.05) is 45.9 Å². The average molecular weight is 411 g/mol. The molecule has 1 unspecified atom stereocenters. The van der Waals surface area contributed by atoms with Crippen molar-refractivity contribution in [3.8, 4) is 5.75 Å². The Bertz CT molecular complexity index is 677. The molecular formula is C26H38N2O2. The third-order valence-electron chi connectivity index (χ3n) is 7.57. The third kappa shape index (κ3) is 5.27. The second kappa shape index (κ2) is 9.84. The molecule has 1 aromatic rings. The molecule has 2 saturated heterocycles. The Hall–Kier alpha value is -1.36. The molecule has 0 aromatic heterocycles. The zero-order chi connectivity index (χ0) is 20.2. The average Bonchev–Trinajstić information content (AvgIpc) is 3.14. The number of benzene rings is 1. The van der Waals surface area contributed by atoms with Gasteiger partial charge in [-0.05, 0) is 67.8 Å². The standard InChI is InChI=1S/C26H38N2O2/c1-4-13-27(14-5-1)15-6-16-29-20-26-24-18-28(19-25(24)26)17-21-9-11-23(12-10-21)30-22-7-2-3-8-22/h2-3,9-12,22,24-26H,1,4-8,13-20H2/t24-,25+,26?. The van der Waals surface area contributed by atoms with Crippen LogP contribution >= 0.6 is 0 Å². The number of nitrogens with zero attached hydrogens (tertiary/aromatic N) is 2. The maximum Gasteiger partial charge on any atom is 0.119 e. The highest BCUT2D eigenvalue weighted by atomic mass is 16.5. The quantitative estimate of drug-likeness (QED) is 0.423. The summed E-state index contributed by atoms with van der Waals surface area (Å²) in [6.45, 7) is 9.34. The lowest BCUT2D eigenvalue weighted by Gasteiger charge is -2.26. The summed E-state index contributed by atoms with van der Waals surface area (Å²) in [5.74, 6) is 3.59. The maximum atomic E-state index is 6.04. The monoisotopic (exact) mass is 410 g/mol. The smallest absolute Gasteiger partial charge is 0.119 e. The molecule has 4 heteroatoms. The van der Waals surface area contributed by atoms with Crippen molar-refractivity contribution < 1.29 is 9.47 Å². The zero-order valence-corrected chi connectivity index (χ0v) is 18.4. The van der Waals surface area contributed by atoms with Gasteiger partial charge in [0.2, 0.25) is 0 Å². The number of likely N-dealkylation sites (tertiary alicyclic amines) is 2. The second-order valence-electron chi connectivity index (χ2n) is 9.84. The summed E-state index contributed by atoms with van der Waals surface area (Å²) in [6, 6.07) is 8.77. The Morgan fingerprint density at radius 3 is 2.33 bits per heavy atom. The van der Waals surface area contributed by atoms with E-state index in [2.05, 4.69) is 46.2 Å². The normalized spacial score (nSPS) is 29.4. The fourth-order valence-corrected chi connectivity index (χ4v) is 5.72. The number of fused-ring (bicyclic) bond motifs is 1. The van der Waals surface area contributed by atoms with Crippen molar-refractivity contribution in [3.05, 3.63) is 42.0 Å². The van der Waals surface area contributed by atoms with E-state index >= 15 is 0 Å². The van der Waals surface area contributed by atoms with Crippen LogP contribution in [-0.2, 0) is 11.3 Å². The van der Waals surface area contributed by atoms with E-state index in [9.17, 15) is 0 Å². The van der Waals surface area contributed by atoms with Gasteiger partial charge in [-0.1, -0.05) is 30.7 Å². The van der Waals surface area contributed by atoms with Crippen LogP contribution in [0.2, 0.25) is 0 Å². The van der Waals surface area contributed by atoms with Crippen LogP contribution in [-0.4, -0.2) is 61.8 Å². The lowest BCUT2D eigenvalue weighted by Crippen LogP contribution is -2.31. The van der Waals surface area contributed by atoms with Gasteiger partial charge in [-0.3, -0.25) is 4.90 Å². The van der Waals surface area contributed by atoms with E-state index in [4.69, 9.17) is 9.47 Å². The molecule has 0 radical (unpaired) electrons. The molecule has 30 heavy (non-hydrogen) atoms. The Morgan fingerprint density at radius 2 is 1.60 bits per heavy atom. The van der Waals surface area contributed by atoms with E-state index in [0.29, 0.717) is 6.10 Å². The molecule has 0 amide bonds. The lowest BCUT2D eigenvalue weighted by molar-refractivity contribution is 0.0967. The van der Waals surface area contributed by atoms with Crippen molar-refractivity contribution in [3.63, 3.8) is 0 Å². The maximum absolute atomic E-state index is 6.04. The van der Waals surface area contributed by atoms with Crippen molar-refractivity contribution in [1.29, 1.82) is 0 Å². The molecule has 2 aliphatic heterocycles. The summed E-state index contributed by atoms with van der Waals surface area (Å²) >= 11 is 0. The summed E-state index contributed by atoms with van der Waals surface area (Å²) in [4.78, 5) is 5.24. The highest BCUT2D eigenvalue weighted by molar-refractivity contribution is 5.28. The van der Waals surface area contributed by atoms with Crippen LogP contribution in [0.25, 0.3) is 0 Å².